The highest BCUT2D eigenvalue weighted by atomic mass is 35.5. The van der Waals surface area contributed by atoms with Gasteiger partial charge in [0.05, 0.1) is 0 Å². The number of rotatable bonds is 6. The number of unbranched alkanes of at least 4 members (excludes halogenated alkanes) is 2. The Morgan fingerprint density at radius 3 is 2.69 bits per heavy atom. The number of hydrogen-bond acceptors (Lipinski definition) is 1. The van der Waals surface area contributed by atoms with Crippen LogP contribution in [0.15, 0.2) is 18.2 Å². The molecule has 0 aliphatic heterocycles. The third kappa shape index (κ3) is 4.19. The molecule has 0 saturated heterocycles. The van der Waals surface area contributed by atoms with Crippen molar-refractivity contribution in [2.75, 3.05) is 0 Å². The van der Waals surface area contributed by atoms with E-state index in [1.807, 2.05) is 0 Å². The van der Waals surface area contributed by atoms with E-state index in [-0.39, 0.29) is 12.2 Å². The van der Waals surface area contributed by atoms with E-state index in [0.29, 0.717) is 23.4 Å². The first-order chi connectivity index (χ1) is 7.61. The van der Waals surface area contributed by atoms with Crippen molar-refractivity contribution in [3.63, 3.8) is 0 Å². The fourth-order valence-electron chi connectivity index (χ4n) is 1.53. The lowest BCUT2D eigenvalue weighted by atomic mass is 10.1. The molecule has 0 atom stereocenters. The van der Waals surface area contributed by atoms with E-state index in [9.17, 15) is 9.18 Å². The summed E-state index contributed by atoms with van der Waals surface area (Å²) >= 11 is 5.86. The van der Waals surface area contributed by atoms with Gasteiger partial charge in [0.25, 0.3) is 0 Å². The lowest BCUT2D eigenvalue weighted by molar-refractivity contribution is -0.137. The molecule has 0 spiro atoms. The Bertz CT molecular complexity index is 346. The average molecular weight is 245 g/mol. The number of aliphatic carboxylic acids is 1. The first-order valence-electron chi connectivity index (χ1n) is 5.26. The second kappa shape index (κ2) is 6.48. The summed E-state index contributed by atoms with van der Waals surface area (Å²) in [7, 11) is 0. The van der Waals surface area contributed by atoms with E-state index in [1.165, 1.54) is 6.07 Å². The highest BCUT2D eigenvalue weighted by Gasteiger charge is 2.06. The maximum atomic E-state index is 13.3. The summed E-state index contributed by atoms with van der Waals surface area (Å²) in [5.74, 6) is -1.07. The normalized spacial score (nSPS) is 10.4. The summed E-state index contributed by atoms with van der Waals surface area (Å²) in [5, 5.41) is 8.88. The molecule has 0 amide bonds. The summed E-state index contributed by atoms with van der Waals surface area (Å²) in [5.41, 5.74) is 0.527. The van der Waals surface area contributed by atoms with Gasteiger partial charge in [-0.3, -0.25) is 4.79 Å². The van der Waals surface area contributed by atoms with Gasteiger partial charge in [-0.2, -0.15) is 0 Å². The number of carbonyl (C=O) groups is 1. The maximum Gasteiger partial charge on any atom is 0.303 e. The van der Waals surface area contributed by atoms with Gasteiger partial charge in [0.2, 0.25) is 0 Å². The summed E-state index contributed by atoms with van der Waals surface area (Å²) in [4.78, 5) is 10.3. The van der Waals surface area contributed by atoms with E-state index in [1.54, 1.807) is 12.1 Å². The Kier molecular flexibility index (Phi) is 5.26. The number of carboxylic acid groups (broad SMARTS) is 1. The van der Waals surface area contributed by atoms with E-state index in [4.69, 9.17) is 16.7 Å². The Morgan fingerprint density at radius 1 is 1.31 bits per heavy atom. The number of benzene rings is 1. The van der Waals surface area contributed by atoms with Crippen LogP contribution in [0.1, 0.15) is 31.2 Å². The van der Waals surface area contributed by atoms with Crippen LogP contribution in [0.25, 0.3) is 0 Å². The monoisotopic (exact) mass is 244 g/mol. The van der Waals surface area contributed by atoms with E-state index in [0.717, 1.165) is 12.8 Å². The summed E-state index contributed by atoms with van der Waals surface area (Å²) in [6, 6.07) is 4.63. The van der Waals surface area contributed by atoms with Crippen LogP contribution in [0.3, 0.4) is 0 Å². The molecule has 0 aliphatic carbocycles. The summed E-state index contributed by atoms with van der Waals surface area (Å²) < 4.78 is 13.3. The second-order valence-electron chi connectivity index (χ2n) is 3.65. The van der Waals surface area contributed by atoms with Crippen LogP contribution < -0.4 is 0 Å². The lowest BCUT2D eigenvalue weighted by Crippen LogP contribution is -1.95. The molecule has 1 aromatic rings. The van der Waals surface area contributed by atoms with Crippen molar-refractivity contribution < 1.29 is 14.3 Å². The Morgan fingerprint density at radius 2 is 2.06 bits per heavy atom. The highest BCUT2D eigenvalue weighted by Crippen LogP contribution is 2.21. The number of halogens is 2. The summed E-state index contributed by atoms with van der Waals surface area (Å²) in [6.45, 7) is 0. The first kappa shape index (κ1) is 13.0. The Balaban J connectivity index is 2.34. The van der Waals surface area contributed by atoms with Crippen molar-refractivity contribution in [2.45, 2.75) is 32.1 Å². The van der Waals surface area contributed by atoms with Crippen LogP contribution in [-0.2, 0) is 11.2 Å². The van der Waals surface area contributed by atoms with Crippen LogP contribution in [0, 0.1) is 5.82 Å². The molecule has 0 radical (unpaired) electrons. The predicted molar refractivity (Wildman–Crippen MR) is 61.2 cm³/mol. The SMILES string of the molecule is O=C(O)CCCCCc1c(F)cccc1Cl. The van der Waals surface area contributed by atoms with Crippen molar-refractivity contribution in [3.8, 4) is 0 Å². The van der Waals surface area contributed by atoms with Crippen molar-refractivity contribution in [2.24, 2.45) is 0 Å². The zero-order chi connectivity index (χ0) is 12.0. The molecule has 0 fully saturated rings. The van der Waals surface area contributed by atoms with Crippen LogP contribution in [-0.4, -0.2) is 11.1 Å². The van der Waals surface area contributed by atoms with Gasteiger partial charge in [-0.15, -0.1) is 0 Å². The van der Waals surface area contributed by atoms with Crippen LogP contribution in [0.5, 0.6) is 0 Å². The molecule has 0 aliphatic rings. The van der Waals surface area contributed by atoms with Crippen molar-refractivity contribution in [1.82, 2.24) is 0 Å². The largest absolute Gasteiger partial charge is 0.481 e. The third-order valence-corrected chi connectivity index (χ3v) is 2.73. The molecular formula is C12H14ClFO2. The van der Waals surface area contributed by atoms with Crippen molar-refractivity contribution in [1.29, 1.82) is 0 Å². The molecule has 4 heteroatoms. The zero-order valence-electron chi connectivity index (χ0n) is 8.88. The molecule has 0 unspecified atom stereocenters. The third-order valence-electron chi connectivity index (χ3n) is 2.38. The highest BCUT2D eigenvalue weighted by molar-refractivity contribution is 6.31. The molecule has 0 saturated carbocycles. The molecular weight excluding hydrogens is 231 g/mol. The first-order valence-corrected chi connectivity index (χ1v) is 5.63. The van der Waals surface area contributed by atoms with Crippen molar-refractivity contribution in [3.05, 3.63) is 34.6 Å². The Labute approximate surface area is 99.0 Å². The standard InChI is InChI=1S/C12H14ClFO2/c13-10-6-4-7-11(14)9(10)5-2-1-3-8-12(15)16/h4,6-7H,1-3,5,8H2,(H,15,16). The van der Waals surface area contributed by atoms with Gasteiger partial charge in [0.1, 0.15) is 5.82 Å². The minimum atomic E-state index is -0.788. The molecule has 1 rings (SSSR count). The minimum absolute atomic E-state index is 0.172. The van der Waals surface area contributed by atoms with Gasteiger partial charge in [-0.25, -0.2) is 4.39 Å². The number of carboxylic acids is 1. The fourth-order valence-corrected chi connectivity index (χ4v) is 1.78. The molecule has 1 N–H and O–H groups in total. The van der Waals surface area contributed by atoms with Gasteiger partial charge in [-0.05, 0) is 31.4 Å². The summed E-state index contributed by atoms with van der Waals surface area (Å²) in [6.07, 6.45) is 2.89. The molecule has 0 heterocycles. The van der Waals surface area contributed by atoms with E-state index in [2.05, 4.69) is 0 Å². The van der Waals surface area contributed by atoms with E-state index < -0.39 is 5.97 Å². The molecule has 0 bridgehead atoms. The average Bonchev–Trinajstić information content (AvgIpc) is 2.21. The number of hydrogen-bond donors (Lipinski definition) is 1. The maximum absolute atomic E-state index is 13.3. The topological polar surface area (TPSA) is 37.3 Å². The van der Waals surface area contributed by atoms with Gasteiger partial charge in [0, 0.05) is 17.0 Å². The predicted octanol–water partition coefficient (Wildman–Crippen LogP) is 3.67. The zero-order valence-corrected chi connectivity index (χ0v) is 9.63. The Hall–Kier alpha value is -1.09. The van der Waals surface area contributed by atoms with Gasteiger partial charge in [-0.1, -0.05) is 24.1 Å². The quantitative estimate of drug-likeness (QED) is 0.776. The van der Waals surface area contributed by atoms with Crippen LogP contribution >= 0.6 is 11.6 Å². The second-order valence-corrected chi connectivity index (χ2v) is 4.06. The van der Waals surface area contributed by atoms with Gasteiger partial charge >= 0.3 is 5.97 Å². The van der Waals surface area contributed by atoms with E-state index >= 15 is 0 Å². The van der Waals surface area contributed by atoms with Crippen molar-refractivity contribution >= 4 is 17.6 Å². The fraction of sp³-hybridized carbons (Fsp3) is 0.417. The van der Waals surface area contributed by atoms with Gasteiger partial charge in [0.15, 0.2) is 0 Å². The smallest absolute Gasteiger partial charge is 0.303 e. The minimum Gasteiger partial charge on any atom is -0.481 e. The molecule has 0 aromatic heterocycles. The molecule has 1 aromatic carbocycles. The molecule has 2 nitrogen and oxygen atoms in total. The molecule has 88 valence electrons. The lowest BCUT2D eigenvalue weighted by Gasteiger charge is -2.05. The van der Waals surface area contributed by atoms with Crippen LogP contribution in [0.4, 0.5) is 4.39 Å². The van der Waals surface area contributed by atoms with Gasteiger partial charge < -0.3 is 5.11 Å². The van der Waals surface area contributed by atoms with Crippen LogP contribution in [0.2, 0.25) is 5.02 Å². The molecule has 16 heavy (non-hydrogen) atoms.